The van der Waals surface area contributed by atoms with E-state index in [4.69, 9.17) is 0 Å². The smallest absolute Gasteiger partial charge is 0.242 e. The number of carbonyl (C=O) groups is 1. The van der Waals surface area contributed by atoms with Gasteiger partial charge in [0.2, 0.25) is 5.91 Å². The molecule has 1 aliphatic rings. The van der Waals surface area contributed by atoms with Gasteiger partial charge < -0.3 is 15.5 Å². The molecule has 0 aliphatic carbocycles. The van der Waals surface area contributed by atoms with Crippen LogP contribution in [0.25, 0.3) is 0 Å². The van der Waals surface area contributed by atoms with Gasteiger partial charge in [-0.1, -0.05) is 55.5 Å². The summed E-state index contributed by atoms with van der Waals surface area (Å²) in [7, 11) is 1.72. The number of nitrogens with one attached hydrogen (secondary N) is 2. The number of nitrogens with zero attached hydrogens (tertiary/aromatic N) is 2. The van der Waals surface area contributed by atoms with Gasteiger partial charge in [0.05, 0.1) is 6.54 Å². The Bertz CT molecular complexity index is 815. The van der Waals surface area contributed by atoms with E-state index in [1.165, 1.54) is 22.3 Å². The van der Waals surface area contributed by atoms with Crippen molar-refractivity contribution < 1.29 is 4.79 Å². The van der Waals surface area contributed by atoms with Crippen LogP contribution < -0.4 is 10.6 Å². The lowest BCUT2D eigenvalue weighted by atomic mass is 10.00. The zero-order chi connectivity index (χ0) is 19.1. The maximum Gasteiger partial charge on any atom is 0.242 e. The van der Waals surface area contributed by atoms with Crippen LogP contribution in [-0.2, 0) is 30.7 Å². The summed E-state index contributed by atoms with van der Waals surface area (Å²) in [4.78, 5) is 18.7. The van der Waals surface area contributed by atoms with Gasteiger partial charge in [-0.2, -0.15) is 0 Å². The average Bonchev–Trinajstić information content (AvgIpc) is 2.73. The molecule has 5 heteroatoms. The Morgan fingerprint density at radius 2 is 1.74 bits per heavy atom. The molecule has 2 aromatic carbocycles. The summed E-state index contributed by atoms with van der Waals surface area (Å²) in [5.41, 5.74) is 5.17. The number of benzene rings is 2. The maximum absolute atomic E-state index is 12.6. The van der Waals surface area contributed by atoms with Crippen molar-refractivity contribution in [3.8, 4) is 0 Å². The van der Waals surface area contributed by atoms with E-state index in [9.17, 15) is 4.79 Å². The monoisotopic (exact) mass is 364 g/mol. The highest BCUT2D eigenvalue weighted by Crippen LogP contribution is 2.18. The first-order valence-corrected chi connectivity index (χ1v) is 9.57. The molecular formula is C22H28N4O. The zero-order valence-corrected chi connectivity index (χ0v) is 16.2. The molecule has 2 aromatic rings. The summed E-state index contributed by atoms with van der Waals surface area (Å²) in [6.45, 7) is 4.55. The largest absolute Gasteiger partial charge is 0.352 e. The Balaban J connectivity index is 1.50. The van der Waals surface area contributed by atoms with E-state index in [1.54, 1.807) is 7.05 Å². The minimum absolute atomic E-state index is 0.0985. The predicted octanol–water partition coefficient (Wildman–Crippen LogP) is 2.50. The summed E-state index contributed by atoms with van der Waals surface area (Å²) < 4.78 is 0. The van der Waals surface area contributed by atoms with E-state index in [2.05, 4.69) is 58.9 Å². The molecule has 3 rings (SSSR count). The molecule has 0 fully saturated rings. The number of aliphatic imine (C=N–C) groups is 1. The van der Waals surface area contributed by atoms with Crippen LogP contribution in [-0.4, -0.2) is 36.9 Å². The summed E-state index contributed by atoms with van der Waals surface area (Å²) >= 11 is 0. The van der Waals surface area contributed by atoms with Crippen molar-refractivity contribution in [3.05, 3.63) is 70.8 Å². The fourth-order valence-electron chi connectivity index (χ4n) is 3.45. The molecular weight excluding hydrogens is 336 g/mol. The van der Waals surface area contributed by atoms with Crippen LogP contribution in [0.2, 0.25) is 0 Å². The van der Waals surface area contributed by atoms with Crippen LogP contribution in [0.4, 0.5) is 0 Å². The first-order chi connectivity index (χ1) is 13.2. The van der Waals surface area contributed by atoms with E-state index in [1.807, 2.05) is 17.0 Å². The summed E-state index contributed by atoms with van der Waals surface area (Å²) in [5.74, 6) is 0.744. The van der Waals surface area contributed by atoms with Gasteiger partial charge >= 0.3 is 0 Å². The highest BCUT2D eigenvalue weighted by atomic mass is 16.2. The minimum Gasteiger partial charge on any atom is -0.352 e. The SMILES string of the molecule is CCc1ccccc1CNC(=NC)NCC(=O)N1CCc2ccccc2C1. The number of guanidine groups is 1. The summed E-state index contributed by atoms with van der Waals surface area (Å²) in [6, 6.07) is 16.7. The molecule has 0 unspecified atom stereocenters. The zero-order valence-electron chi connectivity index (χ0n) is 16.2. The second-order valence-corrected chi connectivity index (χ2v) is 6.74. The number of rotatable bonds is 5. The third-order valence-electron chi connectivity index (χ3n) is 5.06. The van der Waals surface area contributed by atoms with Crippen LogP contribution in [0.5, 0.6) is 0 Å². The molecule has 0 aromatic heterocycles. The minimum atomic E-state index is 0.0985. The molecule has 0 radical (unpaired) electrons. The topological polar surface area (TPSA) is 56.7 Å². The molecule has 0 bridgehead atoms. The second kappa shape index (κ2) is 9.21. The van der Waals surface area contributed by atoms with Crippen LogP contribution in [0.1, 0.15) is 29.2 Å². The number of aryl methyl sites for hydroxylation is 1. The molecule has 1 amide bonds. The van der Waals surface area contributed by atoms with Gasteiger partial charge in [-0.05, 0) is 35.1 Å². The van der Waals surface area contributed by atoms with Gasteiger partial charge in [0, 0.05) is 26.7 Å². The third kappa shape index (κ3) is 4.88. The number of hydrogen-bond acceptors (Lipinski definition) is 2. The Morgan fingerprint density at radius 1 is 1.04 bits per heavy atom. The summed E-state index contributed by atoms with van der Waals surface area (Å²) in [6.07, 6.45) is 1.92. The Labute approximate surface area is 161 Å². The molecule has 142 valence electrons. The molecule has 27 heavy (non-hydrogen) atoms. The van der Waals surface area contributed by atoms with Gasteiger partial charge in [-0.15, -0.1) is 0 Å². The second-order valence-electron chi connectivity index (χ2n) is 6.74. The average molecular weight is 364 g/mol. The van der Waals surface area contributed by atoms with E-state index in [0.29, 0.717) is 19.0 Å². The molecule has 1 aliphatic heterocycles. The number of hydrogen-bond donors (Lipinski definition) is 2. The van der Waals surface area contributed by atoms with Gasteiger partial charge in [0.1, 0.15) is 0 Å². The van der Waals surface area contributed by atoms with Crippen molar-refractivity contribution in [2.75, 3.05) is 20.1 Å². The molecule has 0 atom stereocenters. The Kier molecular flexibility index (Phi) is 6.47. The van der Waals surface area contributed by atoms with Gasteiger partial charge in [0.25, 0.3) is 0 Å². The fourth-order valence-corrected chi connectivity index (χ4v) is 3.45. The van der Waals surface area contributed by atoms with Crippen molar-refractivity contribution in [3.63, 3.8) is 0 Å². The predicted molar refractivity (Wildman–Crippen MR) is 110 cm³/mol. The first kappa shape index (κ1) is 19.0. The number of carbonyl (C=O) groups excluding carboxylic acids is 1. The Hall–Kier alpha value is -2.82. The van der Waals surface area contributed by atoms with E-state index < -0.39 is 0 Å². The fraction of sp³-hybridized carbons (Fsp3) is 0.364. The van der Waals surface area contributed by atoms with E-state index in [0.717, 1.165) is 19.4 Å². The molecule has 2 N–H and O–H groups in total. The van der Waals surface area contributed by atoms with Crippen molar-refractivity contribution >= 4 is 11.9 Å². The number of fused-ring (bicyclic) bond motifs is 1. The van der Waals surface area contributed by atoms with E-state index in [-0.39, 0.29) is 12.5 Å². The quantitative estimate of drug-likeness (QED) is 0.633. The molecule has 0 saturated carbocycles. The number of amides is 1. The third-order valence-corrected chi connectivity index (χ3v) is 5.06. The molecule has 1 heterocycles. The Morgan fingerprint density at radius 3 is 2.48 bits per heavy atom. The van der Waals surface area contributed by atoms with Gasteiger partial charge in [0.15, 0.2) is 5.96 Å². The normalized spacial score (nSPS) is 13.9. The molecule has 0 saturated heterocycles. The lowest BCUT2D eigenvalue weighted by Crippen LogP contribution is -2.45. The molecule has 5 nitrogen and oxygen atoms in total. The van der Waals surface area contributed by atoms with Crippen molar-refractivity contribution in [1.82, 2.24) is 15.5 Å². The van der Waals surface area contributed by atoms with Crippen molar-refractivity contribution in [2.45, 2.75) is 32.9 Å². The lowest BCUT2D eigenvalue weighted by Gasteiger charge is -2.29. The maximum atomic E-state index is 12.6. The van der Waals surface area contributed by atoms with Crippen LogP contribution in [0, 0.1) is 0 Å². The highest BCUT2D eigenvalue weighted by molar-refractivity contribution is 5.86. The first-order valence-electron chi connectivity index (χ1n) is 9.57. The van der Waals surface area contributed by atoms with Crippen molar-refractivity contribution in [1.29, 1.82) is 0 Å². The van der Waals surface area contributed by atoms with Crippen LogP contribution >= 0.6 is 0 Å². The molecule has 0 spiro atoms. The highest BCUT2D eigenvalue weighted by Gasteiger charge is 2.20. The van der Waals surface area contributed by atoms with Crippen molar-refractivity contribution in [2.24, 2.45) is 4.99 Å². The van der Waals surface area contributed by atoms with Gasteiger partial charge in [-0.3, -0.25) is 9.79 Å². The van der Waals surface area contributed by atoms with E-state index >= 15 is 0 Å². The standard InChI is InChI=1S/C22H28N4O/c1-3-17-8-4-6-10-19(17)14-24-22(23-2)25-15-21(27)26-13-12-18-9-5-7-11-20(18)16-26/h4-11H,3,12-16H2,1-2H3,(H2,23,24,25). The van der Waals surface area contributed by atoms with Gasteiger partial charge in [-0.25, -0.2) is 0 Å². The van der Waals surface area contributed by atoms with Crippen LogP contribution in [0.3, 0.4) is 0 Å². The van der Waals surface area contributed by atoms with Crippen LogP contribution in [0.15, 0.2) is 53.5 Å². The lowest BCUT2D eigenvalue weighted by molar-refractivity contribution is -0.130. The summed E-state index contributed by atoms with van der Waals surface area (Å²) in [5, 5.41) is 6.45.